The fourth-order valence-corrected chi connectivity index (χ4v) is 2.81. The normalized spacial score (nSPS) is 18.8. The first kappa shape index (κ1) is 17.3. The molecule has 3 nitrogen and oxygen atoms in total. The van der Waals surface area contributed by atoms with Crippen molar-refractivity contribution in [2.24, 2.45) is 5.73 Å². The number of nitrogens with two attached hydrogens (primary N) is 1. The SMILES string of the molecule is CC(NC(=O)C1(N)CCCCC1)c1cccc(Cl)c1.Cl. The topological polar surface area (TPSA) is 55.1 Å². The van der Waals surface area contributed by atoms with E-state index in [1.165, 1.54) is 6.42 Å². The maximum absolute atomic E-state index is 12.3. The average Bonchev–Trinajstić information content (AvgIpc) is 2.39. The molecule has 1 saturated carbocycles. The molecule has 0 aliphatic heterocycles. The molecule has 0 saturated heterocycles. The minimum absolute atomic E-state index is 0. The molecule has 1 unspecified atom stereocenters. The summed E-state index contributed by atoms with van der Waals surface area (Å²) in [6, 6.07) is 7.47. The lowest BCUT2D eigenvalue weighted by atomic mass is 9.81. The molecule has 20 heavy (non-hydrogen) atoms. The predicted octanol–water partition coefficient (Wildman–Crippen LogP) is 3.60. The molecule has 1 aromatic rings. The molecule has 0 radical (unpaired) electrons. The van der Waals surface area contributed by atoms with Gasteiger partial charge in [0.1, 0.15) is 0 Å². The van der Waals surface area contributed by atoms with Crippen LogP contribution in [0.15, 0.2) is 24.3 Å². The summed E-state index contributed by atoms with van der Waals surface area (Å²) in [4.78, 5) is 12.3. The van der Waals surface area contributed by atoms with Crippen molar-refractivity contribution in [3.05, 3.63) is 34.9 Å². The van der Waals surface area contributed by atoms with E-state index in [2.05, 4.69) is 5.32 Å². The van der Waals surface area contributed by atoms with Crippen LogP contribution in [0.1, 0.15) is 50.6 Å². The Morgan fingerprint density at radius 3 is 2.60 bits per heavy atom. The van der Waals surface area contributed by atoms with Crippen molar-refractivity contribution in [2.75, 3.05) is 0 Å². The number of carbonyl (C=O) groups excluding carboxylic acids is 1. The number of hydrogen-bond donors (Lipinski definition) is 2. The molecule has 112 valence electrons. The number of benzene rings is 1. The van der Waals surface area contributed by atoms with Crippen molar-refractivity contribution in [2.45, 2.75) is 50.6 Å². The third kappa shape index (κ3) is 4.11. The van der Waals surface area contributed by atoms with Crippen molar-refractivity contribution >= 4 is 29.9 Å². The van der Waals surface area contributed by atoms with Crippen molar-refractivity contribution in [3.63, 3.8) is 0 Å². The van der Waals surface area contributed by atoms with Gasteiger partial charge in [-0.25, -0.2) is 0 Å². The molecule has 0 aromatic heterocycles. The maximum Gasteiger partial charge on any atom is 0.240 e. The molecule has 1 amide bonds. The third-order valence-corrected chi connectivity index (χ3v) is 4.13. The Labute approximate surface area is 131 Å². The summed E-state index contributed by atoms with van der Waals surface area (Å²) in [5.41, 5.74) is 6.53. The van der Waals surface area contributed by atoms with Gasteiger partial charge in [0, 0.05) is 5.02 Å². The predicted molar refractivity (Wildman–Crippen MR) is 85.3 cm³/mol. The van der Waals surface area contributed by atoms with E-state index >= 15 is 0 Å². The van der Waals surface area contributed by atoms with E-state index in [1.807, 2.05) is 31.2 Å². The number of halogens is 2. The molecule has 0 heterocycles. The summed E-state index contributed by atoms with van der Waals surface area (Å²) < 4.78 is 0. The smallest absolute Gasteiger partial charge is 0.240 e. The van der Waals surface area contributed by atoms with Crippen LogP contribution in [0, 0.1) is 0 Å². The largest absolute Gasteiger partial charge is 0.348 e. The molecule has 3 N–H and O–H groups in total. The Hall–Kier alpha value is -0.770. The van der Waals surface area contributed by atoms with E-state index in [9.17, 15) is 4.79 Å². The van der Waals surface area contributed by atoms with Gasteiger partial charge in [0.25, 0.3) is 0 Å². The highest BCUT2D eigenvalue weighted by Gasteiger charge is 2.35. The molecule has 1 atom stereocenters. The lowest BCUT2D eigenvalue weighted by Crippen LogP contribution is -2.55. The first-order valence-electron chi connectivity index (χ1n) is 6.86. The highest BCUT2D eigenvalue weighted by atomic mass is 35.5. The summed E-state index contributed by atoms with van der Waals surface area (Å²) in [7, 11) is 0. The van der Waals surface area contributed by atoms with Gasteiger partial charge in [-0.2, -0.15) is 0 Å². The maximum atomic E-state index is 12.3. The lowest BCUT2D eigenvalue weighted by molar-refractivity contribution is -0.128. The van der Waals surface area contributed by atoms with Crippen LogP contribution in [0.3, 0.4) is 0 Å². The number of rotatable bonds is 3. The van der Waals surface area contributed by atoms with Gasteiger partial charge >= 0.3 is 0 Å². The summed E-state index contributed by atoms with van der Waals surface area (Å²) in [5.74, 6) is -0.0420. The van der Waals surface area contributed by atoms with Crippen LogP contribution < -0.4 is 11.1 Å². The van der Waals surface area contributed by atoms with Gasteiger partial charge in [0.05, 0.1) is 11.6 Å². The van der Waals surface area contributed by atoms with Crippen LogP contribution in [0.4, 0.5) is 0 Å². The number of carbonyl (C=O) groups is 1. The Morgan fingerprint density at radius 2 is 2.00 bits per heavy atom. The van der Waals surface area contributed by atoms with Crippen molar-refractivity contribution in [3.8, 4) is 0 Å². The first-order chi connectivity index (χ1) is 9.01. The molecular formula is C15H22Cl2N2O. The van der Waals surface area contributed by atoms with E-state index in [1.54, 1.807) is 0 Å². The van der Waals surface area contributed by atoms with E-state index in [-0.39, 0.29) is 24.4 Å². The van der Waals surface area contributed by atoms with E-state index in [0.717, 1.165) is 31.2 Å². The van der Waals surface area contributed by atoms with Gasteiger partial charge in [-0.05, 0) is 37.5 Å². The van der Waals surface area contributed by atoms with E-state index < -0.39 is 5.54 Å². The fraction of sp³-hybridized carbons (Fsp3) is 0.533. The van der Waals surface area contributed by atoms with Gasteiger partial charge in [-0.1, -0.05) is 43.0 Å². The molecular weight excluding hydrogens is 295 g/mol. The molecule has 0 bridgehead atoms. The molecule has 1 aliphatic rings. The van der Waals surface area contributed by atoms with Gasteiger partial charge in [-0.15, -0.1) is 12.4 Å². The van der Waals surface area contributed by atoms with Crippen LogP contribution >= 0.6 is 24.0 Å². The monoisotopic (exact) mass is 316 g/mol. The highest BCUT2D eigenvalue weighted by Crippen LogP contribution is 2.27. The molecule has 0 spiro atoms. The van der Waals surface area contributed by atoms with Crippen molar-refractivity contribution in [1.82, 2.24) is 5.32 Å². The summed E-state index contributed by atoms with van der Waals surface area (Å²) >= 11 is 5.96. The highest BCUT2D eigenvalue weighted by molar-refractivity contribution is 6.30. The minimum Gasteiger partial charge on any atom is -0.348 e. The van der Waals surface area contributed by atoms with Crippen LogP contribution in [0.2, 0.25) is 5.02 Å². The second kappa shape index (κ2) is 7.30. The van der Waals surface area contributed by atoms with Crippen molar-refractivity contribution < 1.29 is 4.79 Å². The van der Waals surface area contributed by atoms with Crippen LogP contribution in [-0.2, 0) is 4.79 Å². The minimum atomic E-state index is -0.689. The molecule has 5 heteroatoms. The molecule has 1 aliphatic carbocycles. The zero-order chi connectivity index (χ0) is 13.9. The van der Waals surface area contributed by atoms with Gasteiger partial charge in [0.2, 0.25) is 5.91 Å². The second-order valence-corrected chi connectivity index (χ2v) is 5.90. The lowest BCUT2D eigenvalue weighted by Gasteiger charge is -2.33. The summed E-state index contributed by atoms with van der Waals surface area (Å²) in [6.07, 6.45) is 4.81. The number of hydrogen-bond acceptors (Lipinski definition) is 2. The summed E-state index contributed by atoms with van der Waals surface area (Å²) in [5, 5.41) is 3.69. The molecule has 1 aromatic carbocycles. The zero-order valence-corrected chi connectivity index (χ0v) is 13.3. The zero-order valence-electron chi connectivity index (χ0n) is 11.7. The first-order valence-corrected chi connectivity index (χ1v) is 7.24. The Balaban J connectivity index is 0.00000200. The molecule has 1 fully saturated rings. The van der Waals surface area contributed by atoms with Gasteiger partial charge in [0.15, 0.2) is 0 Å². The van der Waals surface area contributed by atoms with Crippen molar-refractivity contribution in [1.29, 1.82) is 0 Å². The second-order valence-electron chi connectivity index (χ2n) is 5.47. The van der Waals surface area contributed by atoms with Crippen LogP contribution in [0.5, 0.6) is 0 Å². The Bertz CT molecular complexity index is 459. The number of nitrogens with one attached hydrogen (secondary N) is 1. The third-order valence-electron chi connectivity index (χ3n) is 3.89. The Kier molecular flexibility index (Phi) is 6.31. The van der Waals surface area contributed by atoms with Crippen LogP contribution in [0.25, 0.3) is 0 Å². The van der Waals surface area contributed by atoms with Crippen LogP contribution in [-0.4, -0.2) is 11.4 Å². The van der Waals surface area contributed by atoms with Gasteiger partial charge < -0.3 is 11.1 Å². The standard InChI is InChI=1S/C15H21ClN2O.ClH/c1-11(12-6-5-7-13(16)10-12)18-14(19)15(17)8-3-2-4-9-15;/h5-7,10-11H,2-4,8-9,17H2,1H3,(H,18,19);1H. The summed E-state index contributed by atoms with van der Waals surface area (Å²) in [6.45, 7) is 1.95. The van der Waals surface area contributed by atoms with E-state index in [4.69, 9.17) is 17.3 Å². The van der Waals surface area contributed by atoms with Gasteiger partial charge in [-0.3, -0.25) is 4.79 Å². The quantitative estimate of drug-likeness (QED) is 0.895. The average molecular weight is 317 g/mol. The number of amides is 1. The fourth-order valence-electron chi connectivity index (χ4n) is 2.61. The molecule has 2 rings (SSSR count). The van der Waals surface area contributed by atoms with E-state index in [0.29, 0.717) is 5.02 Å². The Morgan fingerprint density at radius 1 is 1.35 bits per heavy atom.